The number of anilines is 1. The lowest BCUT2D eigenvalue weighted by Gasteiger charge is -2.44. The first-order valence-corrected chi connectivity index (χ1v) is 10.5. The van der Waals surface area contributed by atoms with Crippen molar-refractivity contribution in [3.8, 4) is 0 Å². The highest BCUT2D eigenvalue weighted by Crippen LogP contribution is 2.32. The van der Waals surface area contributed by atoms with Crippen LogP contribution in [0.25, 0.3) is 0 Å². The van der Waals surface area contributed by atoms with E-state index in [0.717, 1.165) is 28.8 Å². The molecule has 1 atom stereocenters. The van der Waals surface area contributed by atoms with Gasteiger partial charge >= 0.3 is 0 Å². The Morgan fingerprint density at radius 2 is 2.06 bits per heavy atom. The zero-order chi connectivity index (χ0) is 21.8. The number of nitrogens with one attached hydrogen (secondary N) is 2. The highest BCUT2D eigenvalue weighted by molar-refractivity contribution is 5.92. The van der Waals surface area contributed by atoms with Crippen molar-refractivity contribution in [1.29, 1.82) is 0 Å². The number of aromatic amines is 1. The van der Waals surface area contributed by atoms with E-state index in [2.05, 4.69) is 25.5 Å². The molecule has 162 valence electrons. The molecule has 1 fully saturated rings. The molecule has 0 spiro atoms. The summed E-state index contributed by atoms with van der Waals surface area (Å²) in [5.41, 5.74) is 3.30. The molecule has 8 nitrogen and oxygen atoms in total. The number of benzene rings is 1. The maximum absolute atomic E-state index is 13.6. The topological polar surface area (TPSA) is 96.0 Å². The van der Waals surface area contributed by atoms with Crippen LogP contribution in [0.2, 0.25) is 0 Å². The molecule has 3 aromatic rings. The van der Waals surface area contributed by atoms with Crippen molar-refractivity contribution in [3.63, 3.8) is 0 Å². The van der Waals surface area contributed by atoms with E-state index < -0.39 is 5.54 Å². The maximum Gasteiger partial charge on any atom is 0.292 e. The van der Waals surface area contributed by atoms with E-state index in [9.17, 15) is 4.79 Å². The highest BCUT2D eigenvalue weighted by atomic mass is 16.5. The molecular formula is C23H28N6O2. The van der Waals surface area contributed by atoms with Gasteiger partial charge in [-0.3, -0.25) is 9.89 Å². The molecule has 1 unspecified atom stereocenters. The van der Waals surface area contributed by atoms with Crippen molar-refractivity contribution < 1.29 is 9.53 Å². The third-order valence-corrected chi connectivity index (χ3v) is 5.92. The molecule has 1 amide bonds. The van der Waals surface area contributed by atoms with Gasteiger partial charge in [0.15, 0.2) is 0 Å². The SMILES string of the molecule is Cc1nc(C(=O)N2CCOCC2(C)c2ccccc2)nc(NCCc2cn[nH]c2)c1C. The Morgan fingerprint density at radius 3 is 2.81 bits per heavy atom. The molecule has 3 heterocycles. The first-order valence-electron chi connectivity index (χ1n) is 10.5. The Morgan fingerprint density at radius 1 is 1.26 bits per heavy atom. The van der Waals surface area contributed by atoms with E-state index in [1.807, 2.05) is 62.2 Å². The van der Waals surface area contributed by atoms with Crippen LogP contribution in [0.5, 0.6) is 0 Å². The number of ether oxygens (including phenoxy) is 1. The van der Waals surface area contributed by atoms with Gasteiger partial charge in [-0.25, -0.2) is 9.97 Å². The summed E-state index contributed by atoms with van der Waals surface area (Å²) in [5, 5.41) is 10.1. The predicted molar refractivity (Wildman–Crippen MR) is 118 cm³/mol. The van der Waals surface area contributed by atoms with E-state index in [1.54, 1.807) is 6.20 Å². The Bertz CT molecular complexity index is 1040. The zero-order valence-electron chi connectivity index (χ0n) is 18.2. The van der Waals surface area contributed by atoms with Gasteiger partial charge in [0.05, 0.1) is 24.9 Å². The monoisotopic (exact) mass is 420 g/mol. The smallest absolute Gasteiger partial charge is 0.292 e. The molecule has 1 aliphatic heterocycles. The van der Waals surface area contributed by atoms with Crippen molar-refractivity contribution in [2.24, 2.45) is 0 Å². The molecule has 0 bridgehead atoms. The molecule has 4 rings (SSSR count). The van der Waals surface area contributed by atoms with E-state index in [4.69, 9.17) is 4.74 Å². The van der Waals surface area contributed by atoms with Crippen LogP contribution in [0.15, 0.2) is 42.7 Å². The number of carbonyl (C=O) groups is 1. The molecule has 0 aliphatic carbocycles. The minimum atomic E-state index is -0.576. The predicted octanol–water partition coefficient (Wildman–Crippen LogP) is 2.86. The summed E-state index contributed by atoms with van der Waals surface area (Å²) in [6, 6.07) is 9.98. The first kappa shape index (κ1) is 21.0. The van der Waals surface area contributed by atoms with Gasteiger partial charge in [0.25, 0.3) is 5.91 Å². The third-order valence-electron chi connectivity index (χ3n) is 5.92. The molecule has 0 radical (unpaired) electrons. The molecule has 0 saturated carbocycles. The van der Waals surface area contributed by atoms with E-state index in [-0.39, 0.29) is 11.7 Å². The van der Waals surface area contributed by atoms with Crippen LogP contribution in [0.3, 0.4) is 0 Å². The fraction of sp³-hybridized carbons (Fsp3) is 0.391. The molecule has 1 aromatic carbocycles. The van der Waals surface area contributed by atoms with Crippen LogP contribution < -0.4 is 5.32 Å². The molecule has 8 heteroatoms. The lowest BCUT2D eigenvalue weighted by atomic mass is 9.89. The number of aryl methyl sites for hydroxylation is 1. The average molecular weight is 421 g/mol. The Balaban J connectivity index is 1.59. The summed E-state index contributed by atoms with van der Waals surface area (Å²) in [6.45, 7) is 8.01. The van der Waals surface area contributed by atoms with Crippen molar-refractivity contribution >= 4 is 11.7 Å². The lowest BCUT2D eigenvalue weighted by Crippen LogP contribution is -2.55. The van der Waals surface area contributed by atoms with Crippen molar-refractivity contribution in [2.75, 3.05) is 31.6 Å². The number of hydrogen-bond donors (Lipinski definition) is 2. The molecule has 1 aliphatic rings. The van der Waals surface area contributed by atoms with Crippen molar-refractivity contribution in [1.82, 2.24) is 25.1 Å². The summed E-state index contributed by atoms with van der Waals surface area (Å²) < 4.78 is 5.76. The molecule has 1 saturated heterocycles. The summed E-state index contributed by atoms with van der Waals surface area (Å²) in [4.78, 5) is 24.5. The summed E-state index contributed by atoms with van der Waals surface area (Å²) in [7, 11) is 0. The van der Waals surface area contributed by atoms with Crippen LogP contribution in [-0.2, 0) is 16.7 Å². The van der Waals surface area contributed by atoms with Crippen LogP contribution in [-0.4, -0.2) is 57.3 Å². The van der Waals surface area contributed by atoms with Crippen LogP contribution in [0.4, 0.5) is 5.82 Å². The van der Waals surface area contributed by atoms with Gasteiger partial charge in [0, 0.05) is 30.5 Å². The summed E-state index contributed by atoms with van der Waals surface area (Å²) >= 11 is 0. The number of carbonyl (C=O) groups excluding carboxylic acids is 1. The second kappa shape index (κ2) is 8.85. The number of morpholine rings is 1. The Kier molecular flexibility index (Phi) is 5.99. The standard InChI is InChI=1S/C23H28N6O2/c1-16-17(2)27-21(28-20(16)24-10-9-18-13-25-26-14-18)22(30)29-11-12-31-15-23(29,3)19-7-5-4-6-8-19/h4-8,13-14H,9-12,15H2,1-3H3,(H,25,26)(H,24,27,28). The lowest BCUT2D eigenvalue weighted by molar-refractivity contribution is -0.0485. The number of hydrogen-bond acceptors (Lipinski definition) is 6. The van der Waals surface area contributed by atoms with Crippen molar-refractivity contribution in [3.05, 3.63) is 70.9 Å². The van der Waals surface area contributed by atoms with E-state index in [0.29, 0.717) is 32.1 Å². The van der Waals surface area contributed by atoms with Gasteiger partial charge in [-0.15, -0.1) is 0 Å². The summed E-state index contributed by atoms with van der Waals surface area (Å²) in [6.07, 6.45) is 4.48. The molecular weight excluding hydrogens is 392 g/mol. The molecule has 2 aromatic heterocycles. The first-order chi connectivity index (χ1) is 15.0. The minimum absolute atomic E-state index is 0.185. The van der Waals surface area contributed by atoms with Gasteiger partial charge in [0.2, 0.25) is 5.82 Å². The van der Waals surface area contributed by atoms with Gasteiger partial charge in [-0.05, 0) is 38.3 Å². The van der Waals surface area contributed by atoms with E-state index >= 15 is 0 Å². The van der Waals surface area contributed by atoms with Crippen LogP contribution >= 0.6 is 0 Å². The van der Waals surface area contributed by atoms with Crippen molar-refractivity contribution in [2.45, 2.75) is 32.7 Å². The Hall–Kier alpha value is -3.26. The fourth-order valence-corrected chi connectivity index (χ4v) is 3.87. The number of rotatable bonds is 6. The highest BCUT2D eigenvalue weighted by Gasteiger charge is 2.41. The maximum atomic E-state index is 13.6. The molecule has 2 N–H and O–H groups in total. The minimum Gasteiger partial charge on any atom is -0.377 e. The normalized spacial score (nSPS) is 18.7. The number of H-pyrrole nitrogens is 1. The zero-order valence-corrected chi connectivity index (χ0v) is 18.2. The second-order valence-corrected chi connectivity index (χ2v) is 8.04. The third kappa shape index (κ3) is 4.29. The van der Waals surface area contributed by atoms with Gasteiger partial charge in [0.1, 0.15) is 5.82 Å². The Labute approximate surface area is 182 Å². The largest absolute Gasteiger partial charge is 0.377 e. The number of amides is 1. The quantitative estimate of drug-likeness (QED) is 0.637. The summed E-state index contributed by atoms with van der Waals surface area (Å²) in [5.74, 6) is 0.711. The van der Waals surface area contributed by atoms with Crippen LogP contribution in [0, 0.1) is 13.8 Å². The van der Waals surface area contributed by atoms with Gasteiger partial charge in [-0.1, -0.05) is 30.3 Å². The average Bonchev–Trinajstić information content (AvgIpc) is 3.30. The van der Waals surface area contributed by atoms with Gasteiger partial charge < -0.3 is 15.0 Å². The van der Waals surface area contributed by atoms with Gasteiger partial charge in [-0.2, -0.15) is 5.10 Å². The second-order valence-electron chi connectivity index (χ2n) is 8.04. The van der Waals surface area contributed by atoms with E-state index in [1.165, 1.54) is 0 Å². The number of nitrogens with zero attached hydrogens (tertiary/aromatic N) is 4. The fourth-order valence-electron chi connectivity index (χ4n) is 3.87. The van der Waals surface area contributed by atoms with Crippen LogP contribution in [0.1, 0.15) is 39.9 Å². The number of aromatic nitrogens is 4. The molecule has 31 heavy (non-hydrogen) atoms.